The lowest BCUT2D eigenvalue weighted by Gasteiger charge is -2.16. The van der Waals surface area contributed by atoms with Crippen molar-refractivity contribution in [3.63, 3.8) is 0 Å². The van der Waals surface area contributed by atoms with Gasteiger partial charge in [-0.1, -0.05) is 66.7 Å². The van der Waals surface area contributed by atoms with Crippen LogP contribution in [0.2, 0.25) is 0 Å². The van der Waals surface area contributed by atoms with Gasteiger partial charge in [-0.15, -0.1) is 0 Å². The Hall–Kier alpha value is -2.20. The van der Waals surface area contributed by atoms with Gasteiger partial charge in [0.25, 0.3) is 0 Å². The Kier molecular flexibility index (Phi) is 4.30. The van der Waals surface area contributed by atoms with Crippen molar-refractivity contribution in [1.29, 1.82) is 0 Å². The first kappa shape index (κ1) is 16.3. The number of benzene rings is 3. The number of rotatable bonds is 2. The van der Waals surface area contributed by atoms with E-state index in [0.29, 0.717) is 0 Å². The first-order valence-corrected chi connectivity index (χ1v) is 9.44. The quantitative estimate of drug-likeness (QED) is 0.316. The number of pyridine rings is 1. The van der Waals surface area contributed by atoms with E-state index in [9.17, 15) is 0 Å². The van der Waals surface area contributed by atoms with Crippen molar-refractivity contribution >= 4 is 33.5 Å². The predicted octanol–water partition coefficient (Wildman–Crippen LogP) is 6.79. The molecule has 0 aliphatic heterocycles. The van der Waals surface area contributed by atoms with Crippen LogP contribution in [-0.4, -0.2) is 4.98 Å². The Morgan fingerprint density at radius 2 is 1.36 bits per heavy atom. The molecule has 0 unspecified atom stereocenters. The van der Waals surface area contributed by atoms with Crippen LogP contribution >= 0.6 is 22.6 Å². The molecule has 0 spiro atoms. The van der Waals surface area contributed by atoms with E-state index >= 15 is 0 Å². The Bertz CT molecular complexity index is 1050. The SMILES string of the molecule is Cc1cc(C)c2c(-c3ccccc3)c(I)c(-c3ccccc3)nc2c1. The Morgan fingerprint density at radius 1 is 0.760 bits per heavy atom. The van der Waals surface area contributed by atoms with Gasteiger partial charge in [0.2, 0.25) is 0 Å². The minimum atomic E-state index is 1.05. The molecule has 0 radical (unpaired) electrons. The fraction of sp³-hybridized carbons (Fsp3) is 0.0870. The summed E-state index contributed by atoms with van der Waals surface area (Å²) in [6.07, 6.45) is 0. The highest BCUT2D eigenvalue weighted by Crippen LogP contribution is 2.39. The molecule has 4 aromatic rings. The van der Waals surface area contributed by atoms with Gasteiger partial charge >= 0.3 is 0 Å². The van der Waals surface area contributed by atoms with Gasteiger partial charge in [0.15, 0.2) is 0 Å². The zero-order chi connectivity index (χ0) is 17.4. The van der Waals surface area contributed by atoms with E-state index in [-0.39, 0.29) is 0 Å². The van der Waals surface area contributed by atoms with Crippen molar-refractivity contribution < 1.29 is 0 Å². The van der Waals surface area contributed by atoms with Crippen LogP contribution in [-0.2, 0) is 0 Å². The molecule has 122 valence electrons. The molecule has 1 aromatic heterocycles. The number of aromatic nitrogens is 1. The van der Waals surface area contributed by atoms with Crippen LogP contribution in [0.1, 0.15) is 11.1 Å². The van der Waals surface area contributed by atoms with Crippen LogP contribution in [0.15, 0.2) is 72.8 Å². The van der Waals surface area contributed by atoms with E-state index < -0.39 is 0 Å². The van der Waals surface area contributed by atoms with Crippen LogP contribution in [0, 0.1) is 17.4 Å². The lowest BCUT2D eigenvalue weighted by atomic mass is 9.94. The lowest BCUT2D eigenvalue weighted by molar-refractivity contribution is 1.34. The number of nitrogens with zero attached hydrogens (tertiary/aromatic N) is 1. The van der Waals surface area contributed by atoms with Crippen molar-refractivity contribution in [2.75, 3.05) is 0 Å². The van der Waals surface area contributed by atoms with Gasteiger partial charge in [-0.25, -0.2) is 4.98 Å². The summed E-state index contributed by atoms with van der Waals surface area (Å²) in [7, 11) is 0. The minimum absolute atomic E-state index is 1.05. The molecule has 0 atom stereocenters. The topological polar surface area (TPSA) is 12.9 Å². The predicted molar refractivity (Wildman–Crippen MR) is 115 cm³/mol. The molecular weight excluding hydrogens is 417 g/mol. The summed E-state index contributed by atoms with van der Waals surface area (Å²) in [6, 6.07) is 25.5. The molecule has 0 saturated carbocycles. The zero-order valence-electron chi connectivity index (χ0n) is 14.3. The standard InChI is InChI=1S/C23H18IN/c1-15-13-16(2)20-19(14-15)25-23(18-11-7-4-8-12-18)22(24)21(20)17-9-5-3-6-10-17/h3-14H,1-2H3. The van der Waals surface area contributed by atoms with Gasteiger partial charge in [-0.2, -0.15) is 0 Å². The number of halogens is 1. The Morgan fingerprint density at radius 3 is 2.00 bits per heavy atom. The van der Waals surface area contributed by atoms with E-state index in [2.05, 4.69) is 103 Å². The second-order valence-corrected chi connectivity index (χ2v) is 7.44. The first-order valence-electron chi connectivity index (χ1n) is 8.36. The van der Waals surface area contributed by atoms with E-state index in [4.69, 9.17) is 4.98 Å². The summed E-state index contributed by atoms with van der Waals surface area (Å²) in [6.45, 7) is 4.32. The van der Waals surface area contributed by atoms with E-state index in [0.717, 1.165) is 16.8 Å². The van der Waals surface area contributed by atoms with Crippen LogP contribution in [0.25, 0.3) is 33.3 Å². The number of fused-ring (bicyclic) bond motifs is 1. The average Bonchev–Trinajstić information content (AvgIpc) is 2.63. The molecular formula is C23H18IN. The highest BCUT2D eigenvalue weighted by molar-refractivity contribution is 14.1. The molecule has 1 heterocycles. The van der Waals surface area contributed by atoms with E-state index in [1.165, 1.54) is 31.2 Å². The maximum absolute atomic E-state index is 5.05. The first-order chi connectivity index (χ1) is 12.1. The maximum Gasteiger partial charge on any atom is 0.0849 e. The van der Waals surface area contributed by atoms with Crippen LogP contribution in [0.5, 0.6) is 0 Å². The summed E-state index contributed by atoms with van der Waals surface area (Å²) < 4.78 is 1.20. The molecule has 0 bridgehead atoms. The second-order valence-electron chi connectivity index (χ2n) is 6.36. The van der Waals surface area contributed by atoms with Crippen molar-refractivity contribution in [3.05, 3.63) is 87.5 Å². The van der Waals surface area contributed by atoms with Crippen LogP contribution in [0.3, 0.4) is 0 Å². The third-order valence-corrected chi connectivity index (χ3v) is 5.53. The molecule has 0 saturated heterocycles. The van der Waals surface area contributed by atoms with Crippen molar-refractivity contribution in [1.82, 2.24) is 4.98 Å². The Balaban J connectivity index is 2.15. The van der Waals surface area contributed by atoms with Gasteiger partial charge in [0.1, 0.15) is 0 Å². The highest BCUT2D eigenvalue weighted by atomic mass is 127. The van der Waals surface area contributed by atoms with Gasteiger partial charge in [0, 0.05) is 20.1 Å². The molecule has 4 rings (SSSR count). The lowest BCUT2D eigenvalue weighted by Crippen LogP contribution is -1.97. The third kappa shape index (κ3) is 2.95. The molecule has 25 heavy (non-hydrogen) atoms. The fourth-order valence-corrected chi connectivity index (χ4v) is 4.43. The van der Waals surface area contributed by atoms with Crippen molar-refractivity contribution in [2.24, 2.45) is 0 Å². The normalized spacial score (nSPS) is 11.0. The van der Waals surface area contributed by atoms with Crippen molar-refractivity contribution in [3.8, 4) is 22.4 Å². The number of hydrogen-bond acceptors (Lipinski definition) is 1. The minimum Gasteiger partial charge on any atom is -0.247 e. The summed E-state index contributed by atoms with van der Waals surface area (Å²) in [5.74, 6) is 0. The van der Waals surface area contributed by atoms with Gasteiger partial charge < -0.3 is 0 Å². The molecule has 0 aliphatic carbocycles. The third-order valence-electron chi connectivity index (χ3n) is 4.48. The summed E-state index contributed by atoms with van der Waals surface area (Å²) in [5.41, 5.74) is 8.32. The van der Waals surface area contributed by atoms with Gasteiger partial charge in [-0.05, 0) is 59.2 Å². The largest absolute Gasteiger partial charge is 0.247 e. The molecule has 2 heteroatoms. The number of hydrogen-bond donors (Lipinski definition) is 0. The molecule has 3 aromatic carbocycles. The number of aryl methyl sites for hydroxylation is 2. The van der Waals surface area contributed by atoms with Crippen molar-refractivity contribution in [2.45, 2.75) is 13.8 Å². The molecule has 1 nitrogen and oxygen atoms in total. The highest BCUT2D eigenvalue weighted by Gasteiger charge is 2.17. The van der Waals surface area contributed by atoms with E-state index in [1.807, 2.05) is 6.07 Å². The molecule has 0 fully saturated rings. The monoisotopic (exact) mass is 435 g/mol. The summed E-state index contributed by atoms with van der Waals surface area (Å²) in [5, 5.41) is 1.25. The van der Waals surface area contributed by atoms with Crippen LogP contribution < -0.4 is 0 Å². The molecule has 0 aliphatic rings. The molecule has 0 N–H and O–H groups in total. The van der Waals surface area contributed by atoms with E-state index in [1.54, 1.807) is 0 Å². The Labute approximate surface area is 161 Å². The van der Waals surface area contributed by atoms with Gasteiger partial charge in [0.05, 0.1) is 11.2 Å². The summed E-state index contributed by atoms with van der Waals surface area (Å²) in [4.78, 5) is 5.05. The average molecular weight is 435 g/mol. The smallest absolute Gasteiger partial charge is 0.0849 e. The molecule has 0 amide bonds. The zero-order valence-corrected chi connectivity index (χ0v) is 16.4. The second kappa shape index (κ2) is 6.60. The summed E-state index contributed by atoms with van der Waals surface area (Å²) >= 11 is 2.46. The maximum atomic E-state index is 5.05. The fourth-order valence-electron chi connectivity index (χ4n) is 3.42. The van der Waals surface area contributed by atoms with Gasteiger partial charge in [-0.3, -0.25) is 0 Å². The van der Waals surface area contributed by atoms with Crippen LogP contribution in [0.4, 0.5) is 0 Å².